The van der Waals surface area contributed by atoms with Gasteiger partial charge in [-0.15, -0.1) is 0 Å². The number of carbonyl (C=O) groups is 1. The van der Waals surface area contributed by atoms with Crippen LogP contribution < -0.4 is 4.74 Å². The number of aliphatic carboxylic acids is 1. The van der Waals surface area contributed by atoms with Crippen molar-refractivity contribution in [3.63, 3.8) is 0 Å². The number of ether oxygens (including phenoxy) is 1. The summed E-state index contributed by atoms with van der Waals surface area (Å²) in [6, 6.07) is 13.4. The van der Waals surface area contributed by atoms with Crippen LogP contribution in [0.2, 0.25) is 0 Å². The van der Waals surface area contributed by atoms with Gasteiger partial charge in [-0.25, -0.2) is 4.79 Å². The van der Waals surface area contributed by atoms with Crippen LogP contribution >= 0.6 is 0 Å². The standard InChI is InChI=1S/C18H20O3/c1-12-7-9-15(10-8-12)21-17(18(19)20)11-16-13(2)5-4-6-14(16)3/h4-10,17H,11H2,1-3H3,(H,19,20)/t17-/m0/s1. The van der Waals surface area contributed by atoms with Gasteiger partial charge in [0.2, 0.25) is 0 Å². The average Bonchev–Trinajstić information content (AvgIpc) is 2.43. The van der Waals surface area contributed by atoms with E-state index >= 15 is 0 Å². The molecule has 0 aliphatic heterocycles. The van der Waals surface area contributed by atoms with E-state index in [0.29, 0.717) is 12.2 Å². The van der Waals surface area contributed by atoms with Crippen LogP contribution in [0, 0.1) is 20.8 Å². The molecule has 2 aromatic rings. The molecule has 0 saturated carbocycles. The van der Waals surface area contributed by atoms with Gasteiger partial charge in [0.15, 0.2) is 6.10 Å². The first-order chi connectivity index (χ1) is 9.97. The smallest absolute Gasteiger partial charge is 0.345 e. The van der Waals surface area contributed by atoms with Crippen molar-refractivity contribution in [1.29, 1.82) is 0 Å². The molecule has 0 spiro atoms. The minimum Gasteiger partial charge on any atom is -0.478 e. The first kappa shape index (κ1) is 15.1. The van der Waals surface area contributed by atoms with Crippen LogP contribution in [-0.2, 0) is 11.2 Å². The second kappa shape index (κ2) is 6.44. The van der Waals surface area contributed by atoms with Crippen molar-refractivity contribution in [3.8, 4) is 5.75 Å². The highest BCUT2D eigenvalue weighted by molar-refractivity contribution is 5.73. The van der Waals surface area contributed by atoms with Crippen molar-refractivity contribution in [2.45, 2.75) is 33.3 Å². The van der Waals surface area contributed by atoms with Gasteiger partial charge in [0.25, 0.3) is 0 Å². The summed E-state index contributed by atoms with van der Waals surface area (Å²) in [5, 5.41) is 9.41. The largest absolute Gasteiger partial charge is 0.478 e. The third-order valence-corrected chi connectivity index (χ3v) is 3.61. The number of rotatable bonds is 5. The van der Waals surface area contributed by atoms with Crippen LogP contribution in [0.4, 0.5) is 0 Å². The zero-order valence-electron chi connectivity index (χ0n) is 12.6. The van der Waals surface area contributed by atoms with Crippen molar-refractivity contribution < 1.29 is 14.6 Å². The van der Waals surface area contributed by atoms with E-state index in [1.165, 1.54) is 0 Å². The second-order valence-electron chi connectivity index (χ2n) is 5.33. The zero-order chi connectivity index (χ0) is 15.4. The Bertz CT molecular complexity index is 609. The fourth-order valence-corrected chi connectivity index (χ4v) is 2.32. The maximum atomic E-state index is 11.5. The fourth-order valence-electron chi connectivity index (χ4n) is 2.32. The molecule has 0 fully saturated rings. The monoisotopic (exact) mass is 284 g/mol. The summed E-state index contributed by atoms with van der Waals surface area (Å²) in [5.74, 6) is -0.363. The van der Waals surface area contributed by atoms with Crippen molar-refractivity contribution >= 4 is 5.97 Å². The van der Waals surface area contributed by atoms with Crippen LogP contribution in [0.5, 0.6) is 5.75 Å². The van der Waals surface area contributed by atoms with Crippen molar-refractivity contribution in [3.05, 3.63) is 64.7 Å². The summed E-state index contributed by atoms with van der Waals surface area (Å²) < 4.78 is 5.65. The van der Waals surface area contributed by atoms with E-state index in [1.54, 1.807) is 12.1 Å². The summed E-state index contributed by atoms with van der Waals surface area (Å²) >= 11 is 0. The van der Waals surface area contributed by atoms with E-state index in [0.717, 1.165) is 22.3 Å². The third-order valence-electron chi connectivity index (χ3n) is 3.61. The highest BCUT2D eigenvalue weighted by Crippen LogP contribution is 2.19. The lowest BCUT2D eigenvalue weighted by atomic mass is 9.97. The lowest BCUT2D eigenvalue weighted by Crippen LogP contribution is -2.30. The molecule has 2 rings (SSSR count). The van der Waals surface area contributed by atoms with E-state index in [9.17, 15) is 9.90 Å². The van der Waals surface area contributed by atoms with Gasteiger partial charge < -0.3 is 9.84 Å². The highest BCUT2D eigenvalue weighted by Gasteiger charge is 2.21. The number of carboxylic acid groups (broad SMARTS) is 1. The summed E-state index contributed by atoms with van der Waals surface area (Å²) in [6.45, 7) is 5.97. The van der Waals surface area contributed by atoms with Gasteiger partial charge in [0.05, 0.1) is 0 Å². The second-order valence-corrected chi connectivity index (χ2v) is 5.33. The van der Waals surface area contributed by atoms with Gasteiger partial charge in [-0.2, -0.15) is 0 Å². The average molecular weight is 284 g/mol. The Morgan fingerprint density at radius 1 is 1.05 bits per heavy atom. The van der Waals surface area contributed by atoms with E-state index in [-0.39, 0.29) is 0 Å². The molecule has 0 heterocycles. The molecule has 21 heavy (non-hydrogen) atoms. The molecule has 1 atom stereocenters. The maximum Gasteiger partial charge on any atom is 0.345 e. The maximum absolute atomic E-state index is 11.5. The molecule has 0 amide bonds. The third kappa shape index (κ3) is 3.85. The number of aryl methyl sites for hydroxylation is 3. The van der Waals surface area contributed by atoms with Crippen LogP contribution in [0.3, 0.4) is 0 Å². The van der Waals surface area contributed by atoms with E-state index in [4.69, 9.17) is 4.74 Å². The van der Waals surface area contributed by atoms with Gasteiger partial charge in [0.1, 0.15) is 5.75 Å². The first-order valence-electron chi connectivity index (χ1n) is 6.98. The predicted octanol–water partition coefficient (Wildman–Crippen LogP) is 3.69. The molecule has 0 aromatic heterocycles. The molecule has 1 N–H and O–H groups in total. The van der Waals surface area contributed by atoms with Gasteiger partial charge in [-0.05, 0) is 49.6 Å². The Kier molecular flexibility index (Phi) is 4.63. The van der Waals surface area contributed by atoms with Crippen molar-refractivity contribution in [1.82, 2.24) is 0 Å². The van der Waals surface area contributed by atoms with Gasteiger partial charge in [-0.3, -0.25) is 0 Å². The van der Waals surface area contributed by atoms with Crippen molar-refractivity contribution in [2.75, 3.05) is 0 Å². The fraction of sp³-hybridized carbons (Fsp3) is 0.278. The van der Waals surface area contributed by atoms with Crippen LogP contribution in [0.15, 0.2) is 42.5 Å². The molecule has 0 bridgehead atoms. The van der Waals surface area contributed by atoms with Crippen molar-refractivity contribution in [2.24, 2.45) is 0 Å². The normalized spacial score (nSPS) is 12.0. The van der Waals surface area contributed by atoms with Crippen LogP contribution in [0.25, 0.3) is 0 Å². The number of benzene rings is 2. The molecule has 0 saturated heterocycles. The zero-order valence-corrected chi connectivity index (χ0v) is 12.6. The molecule has 3 heteroatoms. The Balaban J connectivity index is 2.20. The Morgan fingerprint density at radius 3 is 2.14 bits per heavy atom. The molecular weight excluding hydrogens is 264 g/mol. The van der Waals surface area contributed by atoms with Gasteiger partial charge >= 0.3 is 5.97 Å². The Hall–Kier alpha value is -2.29. The minimum atomic E-state index is -0.946. The number of hydrogen-bond acceptors (Lipinski definition) is 2. The van der Waals surface area contributed by atoms with Crippen LogP contribution in [0.1, 0.15) is 22.3 Å². The lowest BCUT2D eigenvalue weighted by Gasteiger charge is -2.18. The van der Waals surface area contributed by atoms with E-state index in [2.05, 4.69) is 0 Å². The summed E-state index contributed by atoms with van der Waals surface area (Å²) in [6.07, 6.45) is -0.519. The molecular formula is C18H20O3. The first-order valence-corrected chi connectivity index (χ1v) is 6.98. The minimum absolute atomic E-state index is 0.363. The molecule has 0 aliphatic rings. The molecule has 110 valence electrons. The summed E-state index contributed by atoms with van der Waals surface area (Å²) in [4.78, 5) is 11.5. The molecule has 0 aliphatic carbocycles. The molecule has 2 aromatic carbocycles. The quantitative estimate of drug-likeness (QED) is 0.911. The molecule has 3 nitrogen and oxygen atoms in total. The topological polar surface area (TPSA) is 46.5 Å². The van der Waals surface area contributed by atoms with Gasteiger partial charge in [-0.1, -0.05) is 35.9 Å². The van der Waals surface area contributed by atoms with Crippen LogP contribution in [-0.4, -0.2) is 17.2 Å². The molecule has 0 radical (unpaired) electrons. The Morgan fingerprint density at radius 2 is 1.62 bits per heavy atom. The highest BCUT2D eigenvalue weighted by atomic mass is 16.5. The summed E-state index contributed by atoms with van der Waals surface area (Å²) in [5.41, 5.74) is 4.34. The Labute approximate surface area is 125 Å². The SMILES string of the molecule is Cc1ccc(O[C@@H](Cc2c(C)cccc2C)C(=O)O)cc1. The predicted molar refractivity (Wildman–Crippen MR) is 82.9 cm³/mol. The number of carboxylic acids is 1. The van der Waals surface area contributed by atoms with Gasteiger partial charge in [0, 0.05) is 6.42 Å². The van der Waals surface area contributed by atoms with E-state index < -0.39 is 12.1 Å². The van der Waals surface area contributed by atoms with E-state index in [1.807, 2.05) is 51.1 Å². The number of hydrogen-bond donors (Lipinski definition) is 1. The summed E-state index contributed by atoms with van der Waals surface area (Å²) in [7, 11) is 0. The molecule has 0 unspecified atom stereocenters. The lowest BCUT2D eigenvalue weighted by molar-refractivity contribution is -0.145.